The molecule has 5 nitrogen and oxygen atoms in total. The Labute approximate surface area is 228 Å². The van der Waals surface area contributed by atoms with Crippen LogP contribution in [0.25, 0.3) is 0 Å². The molecule has 0 radical (unpaired) electrons. The van der Waals surface area contributed by atoms with Gasteiger partial charge in [0.05, 0.1) is 34.5 Å². The topological polar surface area (TPSA) is 49.9 Å². The maximum Gasteiger partial charge on any atom is 0.416 e. The molecule has 1 aliphatic carbocycles. The molecule has 0 aromatic heterocycles. The molecule has 1 heterocycles. The van der Waals surface area contributed by atoms with Crippen LogP contribution in [-0.2, 0) is 34.6 Å². The summed E-state index contributed by atoms with van der Waals surface area (Å²) in [6.45, 7) is 2.41. The van der Waals surface area contributed by atoms with E-state index in [4.69, 9.17) is 4.74 Å². The average molecular weight is 596 g/mol. The van der Waals surface area contributed by atoms with Gasteiger partial charge in [0.15, 0.2) is 0 Å². The van der Waals surface area contributed by atoms with Crippen molar-refractivity contribution in [3.05, 3.63) is 64.2 Å². The number of hydrogen-bond acceptors (Lipinski definition) is 3. The number of alkyl halides is 9. The maximum absolute atomic E-state index is 13.7. The highest BCUT2D eigenvalue weighted by Gasteiger charge is 2.47. The van der Waals surface area contributed by atoms with E-state index >= 15 is 0 Å². The van der Waals surface area contributed by atoms with Crippen LogP contribution in [0.3, 0.4) is 0 Å². The fourth-order valence-corrected chi connectivity index (χ4v) is 5.09. The van der Waals surface area contributed by atoms with Crippen LogP contribution in [0.2, 0.25) is 0 Å². The Morgan fingerprint density at radius 1 is 0.927 bits per heavy atom. The van der Waals surface area contributed by atoms with Crippen LogP contribution < -0.4 is 4.90 Å². The summed E-state index contributed by atoms with van der Waals surface area (Å²) in [6, 6.07) is 1.61. The molecule has 1 saturated carbocycles. The number of hydrogen-bond donors (Lipinski definition) is 0. The highest BCUT2D eigenvalue weighted by molar-refractivity contribution is 5.90. The van der Waals surface area contributed by atoms with Gasteiger partial charge in [0, 0.05) is 12.6 Å². The van der Waals surface area contributed by atoms with Gasteiger partial charge in [0.2, 0.25) is 6.41 Å². The largest absolute Gasteiger partial charge is 0.446 e. The predicted molar refractivity (Wildman–Crippen MR) is 127 cm³/mol. The van der Waals surface area contributed by atoms with Crippen molar-refractivity contribution < 1.29 is 53.8 Å². The van der Waals surface area contributed by atoms with Gasteiger partial charge in [0.1, 0.15) is 0 Å². The van der Waals surface area contributed by atoms with Gasteiger partial charge in [-0.1, -0.05) is 0 Å². The summed E-state index contributed by atoms with van der Waals surface area (Å²) in [5.41, 5.74) is -4.91. The van der Waals surface area contributed by atoms with E-state index in [1.165, 1.54) is 4.90 Å². The molecular formula is C27H25F9N2O3. The van der Waals surface area contributed by atoms with Crippen LogP contribution in [-0.4, -0.2) is 29.5 Å². The Kier molecular flexibility index (Phi) is 8.00. The maximum atomic E-state index is 13.7. The molecule has 2 aromatic carbocycles. The fraction of sp³-hybridized carbons (Fsp3) is 0.481. The highest BCUT2D eigenvalue weighted by atomic mass is 19.4. The van der Waals surface area contributed by atoms with E-state index < -0.39 is 71.6 Å². The Bertz CT molecular complexity index is 1270. The van der Waals surface area contributed by atoms with E-state index in [0.29, 0.717) is 25.0 Å². The number of anilines is 1. The number of nitrogens with zero attached hydrogens (tertiary/aromatic N) is 2. The van der Waals surface area contributed by atoms with Gasteiger partial charge in [-0.25, -0.2) is 4.79 Å². The second-order valence-corrected chi connectivity index (χ2v) is 10.4. The third-order valence-corrected chi connectivity index (χ3v) is 7.02. The Hall–Kier alpha value is -3.45. The van der Waals surface area contributed by atoms with Crippen molar-refractivity contribution in [2.24, 2.45) is 5.92 Å². The lowest BCUT2D eigenvalue weighted by Gasteiger charge is -2.44. The molecule has 2 unspecified atom stereocenters. The lowest BCUT2D eigenvalue weighted by Crippen LogP contribution is -2.49. The van der Waals surface area contributed by atoms with Crippen molar-refractivity contribution in [1.29, 1.82) is 0 Å². The smallest absolute Gasteiger partial charge is 0.416 e. The first-order chi connectivity index (χ1) is 18.9. The number of ether oxygens (including phenoxy) is 1. The van der Waals surface area contributed by atoms with Crippen molar-refractivity contribution in [3.63, 3.8) is 0 Å². The summed E-state index contributed by atoms with van der Waals surface area (Å²) in [7, 11) is 0. The van der Waals surface area contributed by atoms with Crippen molar-refractivity contribution in [1.82, 2.24) is 4.90 Å². The molecule has 2 aliphatic rings. The predicted octanol–water partition coefficient (Wildman–Crippen LogP) is 7.98. The van der Waals surface area contributed by atoms with Crippen LogP contribution in [0.1, 0.15) is 67.0 Å². The van der Waals surface area contributed by atoms with Gasteiger partial charge >= 0.3 is 24.6 Å². The van der Waals surface area contributed by atoms with Crippen LogP contribution in [0.4, 0.5) is 50.0 Å². The van der Waals surface area contributed by atoms with Crippen LogP contribution >= 0.6 is 0 Å². The number of rotatable bonds is 6. The van der Waals surface area contributed by atoms with Crippen molar-refractivity contribution in [2.45, 2.75) is 76.4 Å². The van der Waals surface area contributed by atoms with Crippen LogP contribution in [0, 0.1) is 5.92 Å². The normalized spacial score (nSPS) is 19.7. The van der Waals surface area contributed by atoms with Gasteiger partial charge < -0.3 is 9.64 Å². The lowest BCUT2D eigenvalue weighted by atomic mass is 9.86. The first-order valence-corrected chi connectivity index (χ1v) is 12.6. The molecule has 2 amide bonds. The first kappa shape index (κ1) is 30.5. The summed E-state index contributed by atoms with van der Waals surface area (Å²) in [5, 5.41) is 0. The van der Waals surface area contributed by atoms with Gasteiger partial charge in [-0.3, -0.25) is 9.69 Å². The molecule has 14 heteroatoms. The third-order valence-electron chi connectivity index (χ3n) is 7.02. The van der Waals surface area contributed by atoms with E-state index in [-0.39, 0.29) is 36.1 Å². The number of halogens is 9. The van der Waals surface area contributed by atoms with Crippen molar-refractivity contribution in [2.75, 3.05) is 4.90 Å². The summed E-state index contributed by atoms with van der Waals surface area (Å²) < 4.78 is 127. The monoisotopic (exact) mass is 596 g/mol. The van der Waals surface area contributed by atoms with Gasteiger partial charge in [-0.2, -0.15) is 39.5 Å². The molecule has 0 N–H and O–H groups in total. The number of carbonyl (C=O) groups excluding carboxylic acids is 2. The SMILES string of the molecule is CC(C)OC(=O)N1c2ccc(C(F)(F)F)cc2C(N(C=O)Cc2cc(C(F)(F)F)cc(C(F)(F)F)c2)CC1C1CC1. The van der Waals surface area contributed by atoms with E-state index in [0.717, 1.165) is 23.1 Å². The van der Waals surface area contributed by atoms with E-state index in [9.17, 15) is 49.1 Å². The Balaban J connectivity index is 1.82. The Morgan fingerprint density at radius 3 is 1.95 bits per heavy atom. The quantitative estimate of drug-likeness (QED) is 0.251. The average Bonchev–Trinajstić information content (AvgIpc) is 3.69. The zero-order valence-corrected chi connectivity index (χ0v) is 21.7. The zero-order chi connectivity index (χ0) is 30.5. The minimum atomic E-state index is -5.13. The molecular weight excluding hydrogens is 571 g/mol. The Morgan fingerprint density at radius 2 is 1.49 bits per heavy atom. The second kappa shape index (κ2) is 10.8. The second-order valence-electron chi connectivity index (χ2n) is 10.4. The molecule has 1 fully saturated rings. The summed E-state index contributed by atoms with van der Waals surface area (Å²) >= 11 is 0. The fourth-order valence-electron chi connectivity index (χ4n) is 5.09. The minimum absolute atomic E-state index is 0.0173. The standard InChI is InChI=1S/C27H25F9N2O3/c1-14(2)41-24(40)38-21-6-5-17(25(28,29)30)10-20(21)23(11-22(38)16-3-4-16)37(13-39)12-15-7-18(26(31,32)33)9-19(8-15)27(34,35)36/h5-10,13-14,16,22-23H,3-4,11-12H2,1-2H3. The summed E-state index contributed by atoms with van der Waals surface area (Å²) in [4.78, 5) is 27.5. The summed E-state index contributed by atoms with van der Waals surface area (Å²) in [6.07, 6.45) is -15.0. The van der Waals surface area contributed by atoms with Gasteiger partial charge in [-0.15, -0.1) is 0 Å². The number of carbonyl (C=O) groups is 2. The molecule has 224 valence electrons. The molecule has 0 spiro atoms. The van der Waals surface area contributed by atoms with Crippen LogP contribution in [0.15, 0.2) is 36.4 Å². The van der Waals surface area contributed by atoms with Gasteiger partial charge in [0.25, 0.3) is 0 Å². The molecule has 2 atom stereocenters. The van der Waals surface area contributed by atoms with E-state index in [1.807, 2.05) is 0 Å². The number of amides is 2. The number of benzene rings is 2. The zero-order valence-electron chi connectivity index (χ0n) is 21.7. The highest BCUT2D eigenvalue weighted by Crippen LogP contribution is 2.49. The van der Waals surface area contributed by atoms with E-state index in [1.54, 1.807) is 13.8 Å². The summed E-state index contributed by atoms with van der Waals surface area (Å²) in [5.74, 6) is -0.0912. The van der Waals surface area contributed by atoms with Crippen molar-refractivity contribution >= 4 is 18.2 Å². The molecule has 0 bridgehead atoms. The third kappa shape index (κ3) is 6.72. The molecule has 41 heavy (non-hydrogen) atoms. The number of fused-ring (bicyclic) bond motifs is 1. The van der Waals surface area contributed by atoms with Gasteiger partial charge in [-0.05, 0) is 86.6 Å². The minimum Gasteiger partial charge on any atom is -0.446 e. The molecule has 0 saturated heterocycles. The first-order valence-electron chi connectivity index (χ1n) is 12.6. The molecule has 1 aliphatic heterocycles. The van der Waals surface area contributed by atoms with E-state index in [2.05, 4.69) is 0 Å². The molecule has 2 aromatic rings. The lowest BCUT2D eigenvalue weighted by molar-refractivity contribution is -0.143. The van der Waals surface area contributed by atoms with Crippen LogP contribution in [0.5, 0.6) is 0 Å². The molecule has 4 rings (SSSR count). The van der Waals surface area contributed by atoms with Crippen molar-refractivity contribution in [3.8, 4) is 0 Å².